The lowest BCUT2D eigenvalue weighted by molar-refractivity contribution is -0.121. The van der Waals surface area contributed by atoms with Crippen molar-refractivity contribution in [2.45, 2.75) is 37.6 Å². The number of carbonyl (C=O) groups is 1. The second-order valence-electron chi connectivity index (χ2n) is 8.27. The predicted molar refractivity (Wildman–Crippen MR) is 129 cm³/mol. The summed E-state index contributed by atoms with van der Waals surface area (Å²) in [6, 6.07) is 21.5. The first-order valence-corrected chi connectivity index (χ1v) is 12.5. The first-order chi connectivity index (χ1) is 15.8. The van der Waals surface area contributed by atoms with E-state index >= 15 is 0 Å². The molecule has 1 aliphatic heterocycles. The summed E-state index contributed by atoms with van der Waals surface area (Å²) >= 11 is 0. The summed E-state index contributed by atoms with van der Waals surface area (Å²) in [4.78, 5) is 13.0. The first kappa shape index (κ1) is 22.9. The number of anilines is 1. The lowest BCUT2D eigenvalue weighted by atomic mass is 10.0. The number of carbonyl (C=O) groups excluding carboxylic acids is 1. The summed E-state index contributed by atoms with van der Waals surface area (Å²) in [5, 5.41) is 3.05. The highest BCUT2D eigenvalue weighted by Crippen LogP contribution is 2.31. The average Bonchev–Trinajstić information content (AvgIpc) is 2.81. The van der Waals surface area contributed by atoms with Crippen LogP contribution in [0.3, 0.4) is 0 Å². The van der Waals surface area contributed by atoms with E-state index in [4.69, 9.17) is 4.74 Å². The molecule has 0 bridgehead atoms. The van der Waals surface area contributed by atoms with Gasteiger partial charge in [0.25, 0.3) is 10.0 Å². The number of amides is 1. The van der Waals surface area contributed by atoms with Gasteiger partial charge in [-0.15, -0.1) is 0 Å². The topological polar surface area (TPSA) is 75.7 Å². The van der Waals surface area contributed by atoms with Crippen LogP contribution in [0.25, 0.3) is 0 Å². The molecule has 1 N–H and O–H groups in total. The van der Waals surface area contributed by atoms with Crippen molar-refractivity contribution in [3.8, 4) is 5.75 Å². The lowest BCUT2D eigenvalue weighted by Gasteiger charge is -2.28. The van der Waals surface area contributed by atoms with Crippen LogP contribution in [-0.2, 0) is 14.8 Å². The second-order valence-corrected chi connectivity index (χ2v) is 10.1. The van der Waals surface area contributed by atoms with Gasteiger partial charge in [0.05, 0.1) is 23.2 Å². The second kappa shape index (κ2) is 9.67. The van der Waals surface area contributed by atoms with Crippen molar-refractivity contribution >= 4 is 21.6 Å². The van der Waals surface area contributed by atoms with E-state index in [2.05, 4.69) is 5.32 Å². The standard InChI is InChI=1S/C26H28N2O4S/c1-19-7-11-21(12-8-19)28(33(30,31)22-13-9-20(2)10-14-22)17-15-26(29)27-24-16-18-32-25-6-4-3-5-23(24)25/h3-14,24H,15-18H2,1-2H3,(H,27,29)/t24-/m0/s1. The van der Waals surface area contributed by atoms with Crippen molar-refractivity contribution in [2.24, 2.45) is 0 Å². The van der Waals surface area contributed by atoms with Gasteiger partial charge in [0.15, 0.2) is 0 Å². The van der Waals surface area contributed by atoms with Crippen LogP contribution in [0.5, 0.6) is 5.75 Å². The summed E-state index contributed by atoms with van der Waals surface area (Å²) in [7, 11) is -3.83. The first-order valence-electron chi connectivity index (χ1n) is 11.0. The fourth-order valence-electron chi connectivity index (χ4n) is 3.90. The van der Waals surface area contributed by atoms with Gasteiger partial charge in [-0.3, -0.25) is 9.10 Å². The molecule has 0 radical (unpaired) electrons. The number of rotatable bonds is 7. The lowest BCUT2D eigenvalue weighted by Crippen LogP contribution is -2.37. The van der Waals surface area contributed by atoms with Crippen molar-refractivity contribution < 1.29 is 17.9 Å². The molecule has 1 amide bonds. The molecule has 6 nitrogen and oxygen atoms in total. The molecule has 0 spiro atoms. The van der Waals surface area contributed by atoms with E-state index in [1.807, 2.05) is 50.2 Å². The molecule has 3 aromatic carbocycles. The predicted octanol–water partition coefficient (Wildman–Crippen LogP) is 4.53. The fraction of sp³-hybridized carbons (Fsp3) is 0.269. The van der Waals surface area contributed by atoms with Crippen molar-refractivity contribution in [3.63, 3.8) is 0 Å². The molecule has 0 saturated carbocycles. The maximum atomic E-state index is 13.5. The van der Waals surface area contributed by atoms with Crippen LogP contribution in [0.2, 0.25) is 0 Å². The molecule has 0 aromatic heterocycles. The Morgan fingerprint density at radius 1 is 0.970 bits per heavy atom. The molecule has 3 aromatic rings. The quantitative estimate of drug-likeness (QED) is 0.558. The molecule has 1 aliphatic rings. The van der Waals surface area contributed by atoms with Gasteiger partial charge in [-0.05, 0) is 44.2 Å². The van der Waals surface area contributed by atoms with Crippen LogP contribution in [0.4, 0.5) is 5.69 Å². The van der Waals surface area contributed by atoms with Crippen LogP contribution < -0.4 is 14.4 Å². The Kier molecular flexibility index (Phi) is 6.70. The molecule has 4 rings (SSSR count). The van der Waals surface area contributed by atoms with Crippen molar-refractivity contribution in [3.05, 3.63) is 89.5 Å². The van der Waals surface area contributed by atoms with E-state index in [0.717, 1.165) is 22.4 Å². The number of nitrogens with one attached hydrogen (secondary N) is 1. The third kappa shape index (κ3) is 5.20. The number of para-hydroxylation sites is 1. The Balaban J connectivity index is 1.53. The van der Waals surface area contributed by atoms with Gasteiger partial charge >= 0.3 is 0 Å². The van der Waals surface area contributed by atoms with Gasteiger partial charge in [0, 0.05) is 24.9 Å². The Morgan fingerprint density at radius 3 is 2.30 bits per heavy atom. The Morgan fingerprint density at radius 2 is 1.61 bits per heavy atom. The van der Waals surface area contributed by atoms with E-state index in [9.17, 15) is 13.2 Å². The summed E-state index contributed by atoms with van der Waals surface area (Å²) < 4.78 is 33.9. The number of aryl methyl sites for hydroxylation is 2. The number of benzene rings is 3. The smallest absolute Gasteiger partial charge is 0.264 e. The van der Waals surface area contributed by atoms with Crippen LogP contribution in [0, 0.1) is 13.8 Å². The summed E-state index contributed by atoms with van der Waals surface area (Å²) in [5.41, 5.74) is 3.49. The summed E-state index contributed by atoms with van der Waals surface area (Å²) in [6.45, 7) is 4.42. The zero-order chi connectivity index (χ0) is 23.4. The molecule has 1 heterocycles. The number of sulfonamides is 1. The van der Waals surface area contributed by atoms with Gasteiger partial charge in [-0.25, -0.2) is 8.42 Å². The zero-order valence-corrected chi connectivity index (χ0v) is 19.6. The summed E-state index contributed by atoms with van der Waals surface area (Å²) in [5.74, 6) is 0.574. The molecule has 0 fully saturated rings. The minimum atomic E-state index is -3.83. The molecule has 7 heteroatoms. The normalized spacial score (nSPS) is 15.3. The van der Waals surface area contributed by atoms with Gasteiger partial charge in [-0.1, -0.05) is 53.6 Å². The van der Waals surface area contributed by atoms with Crippen LogP contribution in [0.1, 0.15) is 35.6 Å². The third-order valence-electron chi connectivity index (χ3n) is 5.77. The van der Waals surface area contributed by atoms with Gasteiger partial charge < -0.3 is 10.1 Å². The molecule has 0 saturated heterocycles. The van der Waals surface area contributed by atoms with E-state index in [1.165, 1.54) is 4.31 Å². The summed E-state index contributed by atoms with van der Waals surface area (Å²) in [6.07, 6.45) is 0.713. The minimum Gasteiger partial charge on any atom is -0.493 e. The van der Waals surface area contributed by atoms with Crippen molar-refractivity contribution in [2.75, 3.05) is 17.5 Å². The molecule has 0 unspecified atom stereocenters. The largest absolute Gasteiger partial charge is 0.493 e. The minimum absolute atomic E-state index is 0.0377. The van der Waals surface area contributed by atoms with E-state index in [1.54, 1.807) is 36.4 Å². The molecule has 1 atom stereocenters. The van der Waals surface area contributed by atoms with E-state index < -0.39 is 10.0 Å². The number of fused-ring (bicyclic) bond motifs is 1. The highest BCUT2D eigenvalue weighted by atomic mass is 32.2. The van der Waals surface area contributed by atoms with E-state index in [-0.39, 0.29) is 29.8 Å². The fourth-order valence-corrected chi connectivity index (χ4v) is 5.36. The highest BCUT2D eigenvalue weighted by Gasteiger charge is 2.27. The molecule has 172 valence electrons. The third-order valence-corrected chi connectivity index (χ3v) is 7.61. The molecule has 0 aliphatic carbocycles. The number of nitrogens with zero attached hydrogens (tertiary/aromatic N) is 1. The Bertz CT molecular complexity index is 1220. The van der Waals surface area contributed by atoms with Crippen molar-refractivity contribution in [1.82, 2.24) is 5.32 Å². The number of hydrogen-bond donors (Lipinski definition) is 1. The van der Waals surface area contributed by atoms with Gasteiger partial charge in [0.1, 0.15) is 5.75 Å². The highest BCUT2D eigenvalue weighted by molar-refractivity contribution is 7.92. The van der Waals surface area contributed by atoms with Crippen LogP contribution >= 0.6 is 0 Å². The average molecular weight is 465 g/mol. The number of ether oxygens (including phenoxy) is 1. The molecule has 33 heavy (non-hydrogen) atoms. The van der Waals surface area contributed by atoms with Crippen LogP contribution in [-0.4, -0.2) is 27.5 Å². The molecular weight excluding hydrogens is 436 g/mol. The Labute approximate surface area is 195 Å². The Hall–Kier alpha value is -3.32. The maximum Gasteiger partial charge on any atom is 0.264 e. The zero-order valence-electron chi connectivity index (χ0n) is 18.8. The van der Waals surface area contributed by atoms with Gasteiger partial charge in [0.2, 0.25) is 5.91 Å². The number of hydrogen-bond acceptors (Lipinski definition) is 4. The SMILES string of the molecule is Cc1ccc(N(CCC(=O)N[C@H]2CCOc3ccccc32)S(=O)(=O)c2ccc(C)cc2)cc1. The monoisotopic (exact) mass is 464 g/mol. The van der Waals surface area contributed by atoms with E-state index in [0.29, 0.717) is 18.7 Å². The van der Waals surface area contributed by atoms with Gasteiger partial charge in [-0.2, -0.15) is 0 Å². The van der Waals surface area contributed by atoms with Crippen LogP contribution in [0.15, 0.2) is 77.7 Å². The van der Waals surface area contributed by atoms with Crippen molar-refractivity contribution in [1.29, 1.82) is 0 Å². The maximum absolute atomic E-state index is 13.5. The molecular formula is C26H28N2O4S.